The van der Waals surface area contributed by atoms with Crippen molar-refractivity contribution in [3.63, 3.8) is 0 Å². The van der Waals surface area contributed by atoms with Crippen LogP contribution in [0, 0.1) is 0 Å². The van der Waals surface area contributed by atoms with Gasteiger partial charge in [-0.1, -0.05) is 0 Å². The van der Waals surface area contributed by atoms with E-state index < -0.39 is 0 Å². The lowest BCUT2D eigenvalue weighted by molar-refractivity contribution is -0.118. The number of nitrogens with one attached hydrogen (secondary N) is 1. The van der Waals surface area contributed by atoms with Crippen LogP contribution < -0.4 is 15.0 Å². The first-order valence-corrected chi connectivity index (χ1v) is 8.13. The molecular weight excluding hydrogens is 288 g/mol. The summed E-state index contributed by atoms with van der Waals surface area (Å²) in [7, 11) is 0. The van der Waals surface area contributed by atoms with Crippen LogP contribution >= 0.6 is 11.6 Å². The number of hydrogen-bond acceptors (Lipinski definition) is 3. The molecule has 0 spiro atoms. The number of carbonyl (C=O) groups excluding carboxylic acids is 1. The Morgan fingerprint density at radius 1 is 1.19 bits per heavy atom. The number of amides is 1. The molecular formula is C16H23ClN2O2. The fourth-order valence-corrected chi connectivity index (χ4v) is 2.54. The van der Waals surface area contributed by atoms with Gasteiger partial charge in [-0.25, -0.2) is 0 Å². The van der Waals surface area contributed by atoms with Gasteiger partial charge in [-0.05, 0) is 49.9 Å². The zero-order valence-corrected chi connectivity index (χ0v) is 13.1. The molecule has 1 aromatic carbocycles. The Kier molecular flexibility index (Phi) is 6.67. The van der Waals surface area contributed by atoms with Crippen LogP contribution in [0.4, 0.5) is 5.69 Å². The molecule has 0 radical (unpaired) electrons. The number of rotatable bonds is 7. The molecule has 0 aliphatic carbocycles. The van der Waals surface area contributed by atoms with Gasteiger partial charge in [0.25, 0.3) is 0 Å². The SMILES string of the molecule is O=C(CCl)NCCCOc1ccc(N2CCCCC2)cc1. The van der Waals surface area contributed by atoms with Crippen molar-refractivity contribution in [2.24, 2.45) is 0 Å². The van der Waals surface area contributed by atoms with Crippen molar-refractivity contribution in [3.8, 4) is 5.75 Å². The maximum absolute atomic E-state index is 10.9. The molecule has 1 aliphatic heterocycles. The highest BCUT2D eigenvalue weighted by Gasteiger charge is 2.10. The minimum Gasteiger partial charge on any atom is -0.494 e. The van der Waals surface area contributed by atoms with Crippen molar-refractivity contribution in [2.45, 2.75) is 25.7 Å². The predicted octanol–water partition coefficient (Wildman–Crippen LogP) is 2.80. The van der Waals surface area contributed by atoms with E-state index in [9.17, 15) is 4.79 Å². The molecule has 2 rings (SSSR count). The number of ether oxygens (including phenoxy) is 1. The maximum Gasteiger partial charge on any atom is 0.234 e. The average Bonchev–Trinajstić information content (AvgIpc) is 2.55. The van der Waals surface area contributed by atoms with Crippen LogP contribution in [0.2, 0.25) is 0 Å². The van der Waals surface area contributed by atoms with E-state index in [0.29, 0.717) is 13.2 Å². The van der Waals surface area contributed by atoms with E-state index in [1.807, 2.05) is 12.1 Å². The lowest BCUT2D eigenvalue weighted by Crippen LogP contribution is -2.29. The standard InChI is InChI=1S/C16H23ClN2O2/c17-13-16(20)18-9-4-12-21-15-7-5-14(6-8-15)19-10-2-1-3-11-19/h5-8H,1-4,9-13H2,(H,18,20). The molecule has 1 heterocycles. The Hall–Kier alpha value is -1.42. The smallest absolute Gasteiger partial charge is 0.234 e. The van der Waals surface area contributed by atoms with Gasteiger partial charge in [0, 0.05) is 25.3 Å². The predicted molar refractivity (Wildman–Crippen MR) is 86.3 cm³/mol. The fourth-order valence-electron chi connectivity index (χ4n) is 2.44. The number of benzene rings is 1. The number of piperidine rings is 1. The number of hydrogen-bond donors (Lipinski definition) is 1. The quantitative estimate of drug-likeness (QED) is 0.622. The number of alkyl halides is 1. The van der Waals surface area contributed by atoms with Crippen molar-refractivity contribution < 1.29 is 9.53 Å². The first-order valence-electron chi connectivity index (χ1n) is 7.60. The van der Waals surface area contributed by atoms with Crippen LogP contribution in [-0.4, -0.2) is 38.0 Å². The highest BCUT2D eigenvalue weighted by Crippen LogP contribution is 2.22. The largest absolute Gasteiger partial charge is 0.494 e. The highest BCUT2D eigenvalue weighted by atomic mass is 35.5. The van der Waals surface area contributed by atoms with Gasteiger partial charge in [-0.2, -0.15) is 0 Å². The van der Waals surface area contributed by atoms with Crippen molar-refractivity contribution in [2.75, 3.05) is 37.0 Å². The highest BCUT2D eigenvalue weighted by molar-refractivity contribution is 6.27. The van der Waals surface area contributed by atoms with Gasteiger partial charge in [-0.15, -0.1) is 11.6 Å². The zero-order valence-electron chi connectivity index (χ0n) is 12.3. The molecule has 0 unspecified atom stereocenters. The van der Waals surface area contributed by atoms with Crippen LogP contribution in [0.15, 0.2) is 24.3 Å². The molecule has 1 amide bonds. The monoisotopic (exact) mass is 310 g/mol. The summed E-state index contributed by atoms with van der Waals surface area (Å²) >= 11 is 5.39. The van der Waals surface area contributed by atoms with E-state index in [2.05, 4.69) is 22.3 Å². The van der Waals surface area contributed by atoms with Gasteiger partial charge < -0.3 is 15.0 Å². The number of nitrogens with zero attached hydrogens (tertiary/aromatic N) is 1. The molecule has 1 saturated heterocycles. The normalized spacial score (nSPS) is 14.8. The number of halogens is 1. The van der Waals surface area contributed by atoms with Crippen LogP contribution in [0.5, 0.6) is 5.75 Å². The number of anilines is 1. The molecule has 4 nitrogen and oxygen atoms in total. The van der Waals surface area contributed by atoms with Crippen LogP contribution in [0.1, 0.15) is 25.7 Å². The summed E-state index contributed by atoms with van der Waals surface area (Å²) in [6.07, 6.45) is 4.69. The van der Waals surface area contributed by atoms with Crippen molar-refractivity contribution in [1.82, 2.24) is 5.32 Å². The van der Waals surface area contributed by atoms with Crippen LogP contribution in [0.25, 0.3) is 0 Å². The molecule has 1 N–H and O–H groups in total. The van der Waals surface area contributed by atoms with Gasteiger partial charge >= 0.3 is 0 Å². The summed E-state index contributed by atoms with van der Waals surface area (Å²) in [5.74, 6) is 0.751. The summed E-state index contributed by atoms with van der Waals surface area (Å²) in [5.41, 5.74) is 1.27. The minimum absolute atomic E-state index is 0.0127. The summed E-state index contributed by atoms with van der Waals surface area (Å²) < 4.78 is 5.66. The molecule has 0 aromatic heterocycles. The zero-order chi connectivity index (χ0) is 14.9. The van der Waals surface area contributed by atoms with E-state index in [0.717, 1.165) is 25.3 Å². The topological polar surface area (TPSA) is 41.6 Å². The fraction of sp³-hybridized carbons (Fsp3) is 0.562. The lowest BCUT2D eigenvalue weighted by atomic mass is 10.1. The van der Waals surface area contributed by atoms with E-state index in [-0.39, 0.29) is 11.8 Å². The molecule has 21 heavy (non-hydrogen) atoms. The molecule has 0 bridgehead atoms. The molecule has 1 fully saturated rings. The maximum atomic E-state index is 10.9. The third kappa shape index (κ3) is 5.46. The van der Waals surface area contributed by atoms with Crippen molar-refractivity contribution >= 4 is 23.2 Å². The summed E-state index contributed by atoms with van der Waals surface area (Å²) in [6.45, 7) is 3.49. The second-order valence-corrected chi connectivity index (χ2v) is 5.49. The molecule has 0 atom stereocenters. The summed E-state index contributed by atoms with van der Waals surface area (Å²) in [6, 6.07) is 8.27. The second-order valence-electron chi connectivity index (χ2n) is 5.23. The minimum atomic E-state index is -0.137. The van der Waals surface area contributed by atoms with Gasteiger partial charge in [0.1, 0.15) is 11.6 Å². The van der Waals surface area contributed by atoms with Gasteiger partial charge in [0.2, 0.25) is 5.91 Å². The third-order valence-corrected chi connectivity index (χ3v) is 3.83. The third-order valence-electron chi connectivity index (χ3n) is 3.59. The lowest BCUT2D eigenvalue weighted by Gasteiger charge is -2.28. The Morgan fingerprint density at radius 2 is 1.90 bits per heavy atom. The van der Waals surface area contributed by atoms with Crippen LogP contribution in [-0.2, 0) is 4.79 Å². The summed E-state index contributed by atoms with van der Waals surface area (Å²) in [4.78, 5) is 13.4. The van der Waals surface area contributed by atoms with E-state index in [4.69, 9.17) is 16.3 Å². The summed E-state index contributed by atoms with van der Waals surface area (Å²) in [5, 5.41) is 2.71. The number of carbonyl (C=O) groups is 1. The van der Waals surface area contributed by atoms with E-state index >= 15 is 0 Å². The van der Waals surface area contributed by atoms with Crippen molar-refractivity contribution in [1.29, 1.82) is 0 Å². The van der Waals surface area contributed by atoms with Gasteiger partial charge in [0.05, 0.1) is 6.61 Å². The van der Waals surface area contributed by atoms with E-state index in [1.165, 1.54) is 24.9 Å². The Balaban J connectivity index is 1.68. The Bertz CT molecular complexity index is 430. The first kappa shape index (κ1) is 16.0. The Morgan fingerprint density at radius 3 is 2.57 bits per heavy atom. The molecule has 1 aliphatic rings. The molecule has 116 valence electrons. The van der Waals surface area contributed by atoms with Gasteiger partial charge in [-0.3, -0.25) is 4.79 Å². The molecule has 1 aromatic rings. The average molecular weight is 311 g/mol. The van der Waals surface area contributed by atoms with Gasteiger partial charge in [0.15, 0.2) is 0 Å². The van der Waals surface area contributed by atoms with Crippen LogP contribution in [0.3, 0.4) is 0 Å². The molecule has 0 saturated carbocycles. The van der Waals surface area contributed by atoms with Crippen molar-refractivity contribution in [3.05, 3.63) is 24.3 Å². The second kappa shape index (κ2) is 8.78. The Labute approximate surface area is 131 Å². The first-order chi connectivity index (χ1) is 10.3. The molecule has 5 heteroatoms. The van der Waals surface area contributed by atoms with E-state index in [1.54, 1.807) is 0 Å².